The molecule has 160 valence electrons. The third kappa shape index (κ3) is 4.85. The first kappa shape index (κ1) is 20.8. The molecule has 1 atom stereocenters. The number of hydrogen-bond donors (Lipinski definition) is 1. The average Bonchev–Trinajstić information content (AvgIpc) is 3.32. The van der Waals surface area contributed by atoms with E-state index in [4.69, 9.17) is 4.52 Å². The van der Waals surface area contributed by atoms with Gasteiger partial charge in [0.1, 0.15) is 5.69 Å². The van der Waals surface area contributed by atoms with Crippen LogP contribution in [0.4, 0.5) is 0 Å². The number of hydrogen-bond acceptors (Lipinski definition) is 4. The van der Waals surface area contributed by atoms with E-state index in [9.17, 15) is 9.59 Å². The monoisotopic (exact) mass is 417 g/mol. The molecule has 1 aromatic heterocycles. The lowest BCUT2D eigenvalue weighted by Crippen LogP contribution is -2.47. The van der Waals surface area contributed by atoms with Gasteiger partial charge in [-0.05, 0) is 24.8 Å². The van der Waals surface area contributed by atoms with E-state index in [1.807, 2.05) is 72.5 Å². The van der Waals surface area contributed by atoms with Gasteiger partial charge in [-0.2, -0.15) is 0 Å². The molecule has 4 rings (SSSR count). The minimum absolute atomic E-state index is 0.0126. The van der Waals surface area contributed by atoms with Gasteiger partial charge in [-0.3, -0.25) is 9.59 Å². The Morgan fingerprint density at radius 1 is 1.06 bits per heavy atom. The van der Waals surface area contributed by atoms with Crippen molar-refractivity contribution < 1.29 is 14.1 Å². The standard InChI is InChI=1S/C25H27N3O3/c1-2-21(18-9-5-3-6-10-18)25(30)28-15-13-20(14-16-28)26-24(29)23-17-22(27-31-23)19-11-7-4-8-12-19/h3-12,17,20-21H,2,13-16H2,1H3,(H,26,29). The number of nitrogens with one attached hydrogen (secondary N) is 1. The van der Waals surface area contributed by atoms with Crippen LogP contribution in [-0.4, -0.2) is 41.0 Å². The highest BCUT2D eigenvalue weighted by Crippen LogP contribution is 2.24. The highest BCUT2D eigenvalue weighted by Gasteiger charge is 2.29. The second-order valence-electron chi connectivity index (χ2n) is 7.89. The number of nitrogens with zero attached hydrogens (tertiary/aromatic N) is 2. The number of aromatic nitrogens is 1. The predicted molar refractivity (Wildman–Crippen MR) is 118 cm³/mol. The van der Waals surface area contributed by atoms with Crippen LogP contribution in [0.25, 0.3) is 11.3 Å². The lowest BCUT2D eigenvalue weighted by atomic mass is 9.93. The zero-order valence-electron chi connectivity index (χ0n) is 17.7. The van der Waals surface area contributed by atoms with Gasteiger partial charge in [0.15, 0.2) is 0 Å². The van der Waals surface area contributed by atoms with Gasteiger partial charge < -0.3 is 14.7 Å². The van der Waals surface area contributed by atoms with Crippen molar-refractivity contribution in [3.05, 3.63) is 78.1 Å². The zero-order valence-corrected chi connectivity index (χ0v) is 17.7. The van der Waals surface area contributed by atoms with Crippen molar-refractivity contribution in [2.75, 3.05) is 13.1 Å². The van der Waals surface area contributed by atoms with Gasteiger partial charge in [0, 0.05) is 30.8 Å². The summed E-state index contributed by atoms with van der Waals surface area (Å²) in [5.41, 5.74) is 2.60. The SMILES string of the molecule is CCC(C(=O)N1CCC(NC(=O)c2cc(-c3ccccc3)no2)CC1)c1ccccc1. The Hall–Kier alpha value is -3.41. The molecule has 2 amide bonds. The average molecular weight is 418 g/mol. The summed E-state index contributed by atoms with van der Waals surface area (Å²) >= 11 is 0. The molecule has 1 aliphatic rings. The number of carbonyl (C=O) groups excluding carboxylic acids is 2. The molecule has 3 aromatic rings. The van der Waals surface area contributed by atoms with Gasteiger partial charge in [0.2, 0.25) is 11.7 Å². The Labute approximate surface area is 182 Å². The summed E-state index contributed by atoms with van der Waals surface area (Å²) in [5, 5.41) is 7.03. The number of rotatable bonds is 6. The van der Waals surface area contributed by atoms with E-state index in [-0.39, 0.29) is 29.5 Å². The number of piperidine rings is 1. The molecule has 0 spiro atoms. The number of benzene rings is 2. The molecule has 0 saturated carbocycles. The van der Waals surface area contributed by atoms with Crippen LogP contribution in [0.15, 0.2) is 71.3 Å². The molecule has 6 heteroatoms. The fourth-order valence-corrected chi connectivity index (χ4v) is 4.09. The maximum Gasteiger partial charge on any atom is 0.290 e. The first-order valence-corrected chi connectivity index (χ1v) is 10.8. The van der Waals surface area contributed by atoms with Crippen LogP contribution >= 0.6 is 0 Å². The molecule has 1 fully saturated rings. The molecule has 0 bridgehead atoms. The summed E-state index contributed by atoms with van der Waals surface area (Å²) in [6.45, 7) is 3.32. The highest BCUT2D eigenvalue weighted by molar-refractivity contribution is 5.92. The lowest BCUT2D eigenvalue weighted by molar-refractivity contribution is -0.134. The van der Waals surface area contributed by atoms with Crippen LogP contribution in [0.3, 0.4) is 0 Å². The zero-order chi connectivity index (χ0) is 21.6. The number of likely N-dealkylation sites (tertiary alicyclic amines) is 1. The molecule has 6 nitrogen and oxygen atoms in total. The molecular formula is C25H27N3O3. The van der Waals surface area contributed by atoms with Crippen molar-refractivity contribution in [3.8, 4) is 11.3 Å². The third-order valence-electron chi connectivity index (χ3n) is 5.85. The summed E-state index contributed by atoms with van der Waals surface area (Å²) in [6, 6.07) is 21.2. The molecule has 1 N–H and O–H groups in total. The third-order valence-corrected chi connectivity index (χ3v) is 5.85. The summed E-state index contributed by atoms with van der Waals surface area (Å²) < 4.78 is 5.25. The molecule has 0 radical (unpaired) electrons. The highest BCUT2D eigenvalue weighted by atomic mass is 16.5. The topological polar surface area (TPSA) is 75.4 Å². The minimum atomic E-state index is -0.268. The van der Waals surface area contributed by atoms with Crippen molar-refractivity contribution in [1.82, 2.24) is 15.4 Å². The number of amides is 2. The van der Waals surface area contributed by atoms with E-state index in [0.29, 0.717) is 18.8 Å². The van der Waals surface area contributed by atoms with Gasteiger partial charge in [-0.15, -0.1) is 0 Å². The molecular weight excluding hydrogens is 390 g/mol. The Balaban J connectivity index is 1.31. The fraction of sp³-hybridized carbons (Fsp3) is 0.320. The maximum absolute atomic E-state index is 13.0. The summed E-state index contributed by atoms with van der Waals surface area (Å²) in [7, 11) is 0. The van der Waals surface area contributed by atoms with Crippen LogP contribution in [0.1, 0.15) is 48.2 Å². The first-order chi connectivity index (χ1) is 15.2. The van der Waals surface area contributed by atoms with E-state index in [1.54, 1.807) is 6.07 Å². The van der Waals surface area contributed by atoms with Crippen LogP contribution in [0, 0.1) is 0 Å². The van der Waals surface area contributed by atoms with E-state index < -0.39 is 0 Å². The predicted octanol–water partition coefficient (Wildman–Crippen LogP) is 4.26. The van der Waals surface area contributed by atoms with Gasteiger partial charge in [-0.1, -0.05) is 72.7 Å². The van der Waals surface area contributed by atoms with Crippen molar-refractivity contribution in [2.24, 2.45) is 0 Å². The molecule has 1 saturated heterocycles. The van der Waals surface area contributed by atoms with Crippen molar-refractivity contribution >= 4 is 11.8 Å². The normalized spacial score (nSPS) is 15.5. The van der Waals surface area contributed by atoms with E-state index in [2.05, 4.69) is 10.5 Å². The molecule has 1 unspecified atom stereocenters. The summed E-state index contributed by atoms with van der Waals surface area (Å²) in [4.78, 5) is 27.5. The Bertz CT molecular complexity index is 1010. The van der Waals surface area contributed by atoms with Crippen LogP contribution in [0.5, 0.6) is 0 Å². The second kappa shape index (κ2) is 9.60. The van der Waals surface area contributed by atoms with Crippen LogP contribution in [-0.2, 0) is 4.79 Å². The Kier molecular flexibility index (Phi) is 6.46. The van der Waals surface area contributed by atoms with Crippen LogP contribution in [0.2, 0.25) is 0 Å². The number of carbonyl (C=O) groups is 2. The molecule has 31 heavy (non-hydrogen) atoms. The Morgan fingerprint density at radius 2 is 1.71 bits per heavy atom. The lowest BCUT2D eigenvalue weighted by Gasteiger charge is -2.34. The van der Waals surface area contributed by atoms with Gasteiger partial charge in [0.25, 0.3) is 5.91 Å². The van der Waals surface area contributed by atoms with Crippen molar-refractivity contribution in [1.29, 1.82) is 0 Å². The smallest absolute Gasteiger partial charge is 0.290 e. The second-order valence-corrected chi connectivity index (χ2v) is 7.89. The summed E-state index contributed by atoms with van der Waals surface area (Å²) in [6.07, 6.45) is 2.22. The quantitative estimate of drug-likeness (QED) is 0.650. The van der Waals surface area contributed by atoms with Gasteiger partial charge >= 0.3 is 0 Å². The van der Waals surface area contributed by atoms with Crippen molar-refractivity contribution in [2.45, 2.75) is 38.1 Å². The largest absolute Gasteiger partial charge is 0.350 e. The molecule has 2 heterocycles. The molecule has 0 aliphatic carbocycles. The first-order valence-electron chi connectivity index (χ1n) is 10.8. The molecule has 2 aromatic carbocycles. The van der Waals surface area contributed by atoms with Gasteiger partial charge in [0.05, 0.1) is 5.92 Å². The van der Waals surface area contributed by atoms with E-state index in [1.165, 1.54) is 0 Å². The minimum Gasteiger partial charge on any atom is -0.350 e. The summed E-state index contributed by atoms with van der Waals surface area (Å²) in [5.74, 6) is -0.0122. The van der Waals surface area contributed by atoms with E-state index >= 15 is 0 Å². The van der Waals surface area contributed by atoms with Crippen LogP contribution < -0.4 is 5.32 Å². The van der Waals surface area contributed by atoms with Crippen molar-refractivity contribution in [3.63, 3.8) is 0 Å². The maximum atomic E-state index is 13.0. The fourth-order valence-electron chi connectivity index (χ4n) is 4.09. The van der Waals surface area contributed by atoms with E-state index in [0.717, 1.165) is 30.4 Å². The molecule has 1 aliphatic heterocycles. The Morgan fingerprint density at radius 3 is 2.35 bits per heavy atom. The van der Waals surface area contributed by atoms with Gasteiger partial charge in [-0.25, -0.2) is 0 Å².